The van der Waals surface area contributed by atoms with Crippen molar-refractivity contribution in [1.82, 2.24) is 9.13 Å². The third-order valence-electron chi connectivity index (χ3n) is 3.84. The molecule has 1 saturated carbocycles. The first-order valence-electron chi connectivity index (χ1n) is 7.72. The van der Waals surface area contributed by atoms with Gasteiger partial charge in [0.05, 0.1) is 6.54 Å². The monoisotopic (exact) mass is 327 g/mol. The highest BCUT2D eigenvalue weighted by molar-refractivity contribution is 5.23. The van der Waals surface area contributed by atoms with Gasteiger partial charge in [0.25, 0.3) is 5.56 Å². The molecule has 0 aliphatic heterocycles. The molecule has 3 rings (SSSR count). The van der Waals surface area contributed by atoms with Crippen LogP contribution in [0.5, 0.6) is 5.75 Å². The highest BCUT2D eigenvalue weighted by Crippen LogP contribution is 2.33. The summed E-state index contributed by atoms with van der Waals surface area (Å²) >= 11 is 0. The standard InChI is InChI=1S/C17H17N3O4/c18-8-12-9-19(13-6-7-13)17(23)20(16(12)22)10-14(21)11-24-15-4-2-1-3-5-15/h1-5,9,13-14,21H,6-7,10-11H2/t14-/m0/s1. The molecule has 0 saturated heterocycles. The first-order chi connectivity index (χ1) is 11.6. The van der Waals surface area contributed by atoms with Gasteiger partial charge < -0.3 is 9.84 Å². The number of hydrogen-bond acceptors (Lipinski definition) is 5. The third kappa shape index (κ3) is 3.39. The third-order valence-corrected chi connectivity index (χ3v) is 3.84. The van der Waals surface area contributed by atoms with Crippen LogP contribution in [0, 0.1) is 11.3 Å². The van der Waals surface area contributed by atoms with Gasteiger partial charge in [-0.25, -0.2) is 4.79 Å². The number of aliphatic hydroxyl groups is 1. The van der Waals surface area contributed by atoms with Crippen LogP contribution in [0.25, 0.3) is 0 Å². The van der Waals surface area contributed by atoms with Crippen molar-refractivity contribution in [2.24, 2.45) is 0 Å². The van der Waals surface area contributed by atoms with E-state index in [2.05, 4.69) is 0 Å². The molecule has 0 bridgehead atoms. The second kappa shape index (κ2) is 6.72. The van der Waals surface area contributed by atoms with Crippen LogP contribution in [0.3, 0.4) is 0 Å². The van der Waals surface area contributed by atoms with Crippen LogP contribution in [0.2, 0.25) is 0 Å². The lowest BCUT2D eigenvalue weighted by Crippen LogP contribution is -2.44. The largest absolute Gasteiger partial charge is 0.491 e. The van der Waals surface area contributed by atoms with Crippen LogP contribution in [-0.2, 0) is 6.54 Å². The number of para-hydroxylation sites is 1. The van der Waals surface area contributed by atoms with Gasteiger partial charge in [0.2, 0.25) is 0 Å². The second-order valence-corrected chi connectivity index (χ2v) is 5.77. The Labute approximate surface area is 138 Å². The molecule has 7 heteroatoms. The van der Waals surface area contributed by atoms with Gasteiger partial charge in [0.15, 0.2) is 0 Å². The molecular weight excluding hydrogens is 310 g/mol. The molecule has 1 atom stereocenters. The molecule has 2 aromatic rings. The Kier molecular flexibility index (Phi) is 4.49. The Bertz CT molecular complexity index is 875. The molecule has 0 spiro atoms. The molecule has 1 aliphatic carbocycles. The van der Waals surface area contributed by atoms with Crippen molar-refractivity contribution in [1.29, 1.82) is 5.26 Å². The SMILES string of the molecule is N#Cc1cn(C2CC2)c(=O)n(C[C@H](O)COc2ccccc2)c1=O. The fraction of sp³-hybridized carbons (Fsp3) is 0.353. The van der Waals surface area contributed by atoms with E-state index in [1.165, 1.54) is 10.8 Å². The summed E-state index contributed by atoms with van der Waals surface area (Å²) in [5.41, 5.74) is -1.28. The van der Waals surface area contributed by atoms with Gasteiger partial charge in [-0.2, -0.15) is 5.26 Å². The van der Waals surface area contributed by atoms with E-state index in [0.717, 1.165) is 17.4 Å². The fourth-order valence-electron chi connectivity index (χ4n) is 2.45. The van der Waals surface area contributed by atoms with Crippen LogP contribution in [-0.4, -0.2) is 27.0 Å². The summed E-state index contributed by atoms with van der Waals surface area (Å²) in [4.78, 5) is 24.6. The van der Waals surface area contributed by atoms with E-state index >= 15 is 0 Å². The summed E-state index contributed by atoms with van der Waals surface area (Å²) in [6, 6.07) is 10.8. The first kappa shape index (κ1) is 16.0. The van der Waals surface area contributed by atoms with Crippen molar-refractivity contribution in [3.05, 3.63) is 62.9 Å². The fourth-order valence-corrected chi connectivity index (χ4v) is 2.45. The minimum Gasteiger partial charge on any atom is -0.491 e. The lowest BCUT2D eigenvalue weighted by molar-refractivity contribution is 0.0899. The van der Waals surface area contributed by atoms with Crippen LogP contribution in [0.15, 0.2) is 46.1 Å². The van der Waals surface area contributed by atoms with E-state index < -0.39 is 17.4 Å². The van der Waals surface area contributed by atoms with E-state index in [1.54, 1.807) is 24.3 Å². The average molecular weight is 327 g/mol. The average Bonchev–Trinajstić information content (AvgIpc) is 3.43. The maximum atomic E-state index is 12.4. The molecule has 1 fully saturated rings. The second-order valence-electron chi connectivity index (χ2n) is 5.77. The molecule has 1 aliphatic rings. The summed E-state index contributed by atoms with van der Waals surface area (Å²) < 4.78 is 7.75. The van der Waals surface area contributed by atoms with E-state index in [0.29, 0.717) is 5.75 Å². The summed E-state index contributed by atoms with van der Waals surface area (Å²) in [6.07, 6.45) is 1.97. The number of rotatable bonds is 6. The molecule has 1 aromatic heterocycles. The number of nitrogens with zero attached hydrogens (tertiary/aromatic N) is 3. The summed E-state index contributed by atoms with van der Waals surface area (Å²) in [5, 5.41) is 19.2. The predicted molar refractivity (Wildman–Crippen MR) is 85.9 cm³/mol. The van der Waals surface area contributed by atoms with Crippen LogP contribution in [0.4, 0.5) is 0 Å². The minimum atomic E-state index is -1.04. The van der Waals surface area contributed by atoms with Gasteiger partial charge in [-0.15, -0.1) is 0 Å². The molecule has 1 N–H and O–H groups in total. The van der Waals surface area contributed by atoms with Gasteiger partial charge in [-0.1, -0.05) is 18.2 Å². The van der Waals surface area contributed by atoms with Crippen molar-refractivity contribution in [2.45, 2.75) is 31.5 Å². The zero-order chi connectivity index (χ0) is 17.1. The quantitative estimate of drug-likeness (QED) is 0.840. The summed E-state index contributed by atoms with van der Waals surface area (Å²) in [5.74, 6) is 0.588. The molecular formula is C17H17N3O4. The van der Waals surface area contributed by atoms with Gasteiger partial charge >= 0.3 is 5.69 Å². The Morgan fingerprint density at radius 3 is 2.62 bits per heavy atom. The molecule has 24 heavy (non-hydrogen) atoms. The number of aliphatic hydroxyl groups excluding tert-OH is 1. The Balaban J connectivity index is 1.79. The van der Waals surface area contributed by atoms with Crippen LogP contribution >= 0.6 is 0 Å². The first-order valence-corrected chi connectivity index (χ1v) is 7.72. The molecule has 1 heterocycles. The number of nitriles is 1. The molecule has 0 amide bonds. The van der Waals surface area contributed by atoms with Crippen molar-refractivity contribution in [2.75, 3.05) is 6.61 Å². The number of ether oxygens (including phenoxy) is 1. The van der Waals surface area contributed by atoms with Crippen molar-refractivity contribution < 1.29 is 9.84 Å². The van der Waals surface area contributed by atoms with E-state index in [4.69, 9.17) is 10.00 Å². The normalized spacial score (nSPS) is 14.8. The van der Waals surface area contributed by atoms with Crippen molar-refractivity contribution >= 4 is 0 Å². The maximum Gasteiger partial charge on any atom is 0.331 e. The molecule has 7 nitrogen and oxygen atoms in total. The minimum absolute atomic E-state index is 0.0363. The highest BCUT2D eigenvalue weighted by Gasteiger charge is 2.27. The Morgan fingerprint density at radius 1 is 1.29 bits per heavy atom. The predicted octanol–water partition coefficient (Wildman–Crippen LogP) is 0.656. The number of hydrogen-bond donors (Lipinski definition) is 1. The zero-order valence-electron chi connectivity index (χ0n) is 13.0. The van der Waals surface area contributed by atoms with Gasteiger partial charge in [0, 0.05) is 12.2 Å². The van der Waals surface area contributed by atoms with Gasteiger partial charge in [-0.3, -0.25) is 13.9 Å². The molecule has 1 aromatic carbocycles. The van der Waals surface area contributed by atoms with E-state index in [-0.39, 0.29) is 24.8 Å². The number of benzene rings is 1. The smallest absolute Gasteiger partial charge is 0.331 e. The Morgan fingerprint density at radius 2 is 2.00 bits per heavy atom. The lowest BCUT2D eigenvalue weighted by Gasteiger charge is -2.15. The van der Waals surface area contributed by atoms with Gasteiger partial charge in [-0.05, 0) is 25.0 Å². The molecule has 124 valence electrons. The van der Waals surface area contributed by atoms with E-state index in [9.17, 15) is 14.7 Å². The Hall–Kier alpha value is -2.85. The van der Waals surface area contributed by atoms with Crippen molar-refractivity contribution in [3.8, 4) is 11.8 Å². The molecule has 0 unspecified atom stereocenters. The van der Waals surface area contributed by atoms with Crippen LogP contribution in [0.1, 0.15) is 24.4 Å². The van der Waals surface area contributed by atoms with Gasteiger partial charge in [0.1, 0.15) is 30.1 Å². The summed E-state index contributed by atoms with van der Waals surface area (Å²) in [7, 11) is 0. The molecule has 0 radical (unpaired) electrons. The summed E-state index contributed by atoms with van der Waals surface area (Å²) in [6.45, 7) is -0.275. The van der Waals surface area contributed by atoms with E-state index in [1.807, 2.05) is 12.1 Å². The number of aromatic nitrogens is 2. The van der Waals surface area contributed by atoms with Crippen LogP contribution < -0.4 is 16.0 Å². The maximum absolute atomic E-state index is 12.4. The topological polar surface area (TPSA) is 97.2 Å². The highest BCUT2D eigenvalue weighted by atomic mass is 16.5. The zero-order valence-corrected chi connectivity index (χ0v) is 13.0. The van der Waals surface area contributed by atoms with Crippen molar-refractivity contribution in [3.63, 3.8) is 0 Å². The lowest BCUT2D eigenvalue weighted by atomic mass is 10.3.